The summed E-state index contributed by atoms with van der Waals surface area (Å²) in [6.07, 6.45) is 1.89. The predicted octanol–water partition coefficient (Wildman–Crippen LogP) is 5.31. The van der Waals surface area contributed by atoms with Crippen molar-refractivity contribution >= 4 is 27.6 Å². The SMILES string of the molecule is C[C@]1(c2nnc(-c3cccnc3Nc3ccc(S(F)(F)(F)(F)F)cc3)o2)CCNC1=O. The monoisotopic (exact) mass is 461 g/mol. The van der Waals surface area contributed by atoms with Crippen molar-refractivity contribution in [3.05, 3.63) is 48.5 Å². The van der Waals surface area contributed by atoms with E-state index in [0.29, 0.717) is 30.7 Å². The zero-order valence-corrected chi connectivity index (χ0v) is 16.7. The fourth-order valence-corrected chi connectivity index (χ4v) is 3.75. The van der Waals surface area contributed by atoms with Gasteiger partial charge in [-0.2, -0.15) is 0 Å². The first-order chi connectivity index (χ1) is 14.3. The number of carbonyl (C=O) groups excluding carboxylic acids is 1. The average molecular weight is 461 g/mol. The maximum atomic E-state index is 12.9. The van der Waals surface area contributed by atoms with E-state index >= 15 is 0 Å². The van der Waals surface area contributed by atoms with Crippen LogP contribution in [0, 0.1) is 0 Å². The molecule has 0 saturated carbocycles. The van der Waals surface area contributed by atoms with Crippen molar-refractivity contribution in [3.63, 3.8) is 0 Å². The van der Waals surface area contributed by atoms with Crippen LogP contribution in [0.1, 0.15) is 19.2 Å². The largest absolute Gasteiger partial charge is 0.419 e. The number of hydrogen-bond donors (Lipinski definition) is 2. The lowest BCUT2D eigenvalue weighted by atomic mass is 9.89. The van der Waals surface area contributed by atoms with Crippen LogP contribution in [0.4, 0.5) is 30.9 Å². The summed E-state index contributed by atoms with van der Waals surface area (Å²) in [5.74, 6) is 0.0674. The Morgan fingerprint density at radius 3 is 2.42 bits per heavy atom. The van der Waals surface area contributed by atoms with E-state index in [0.717, 1.165) is 12.1 Å². The summed E-state index contributed by atoms with van der Waals surface area (Å²) < 4.78 is 70.1. The molecule has 166 valence electrons. The van der Waals surface area contributed by atoms with Crippen LogP contribution in [0.3, 0.4) is 0 Å². The number of amides is 1. The second-order valence-electron chi connectivity index (χ2n) is 7.27. The first-order valence-corrected chi connectivity index (χ1v) is 10.9. The Morgan fingerprint density at radius 2 is 1.81 bits per heavy atom. The van der Waals surface area contributed by atoms with Gasteiger partial charge in [-0.3, -0.25) is 4.79 Å². The summed E-state index contributed by atoms with van der Waals surface area (Å²) in [4.78, 5) is 14.2. The number of halogens is 5. The first-order valence-electron chi connectivity index (χ1n) is 8.95. The van der Waals surface area contributed by atoms with Gasteiger partial charge in [0.25, 0.3) is 5.89 Å². The molecule has 7 nitrogen and oxygen atoms in total. The second kappa shape index (κ2) is 6.15. The van der Waals surface area contributed by atoms with E-state index in [1.54, 1.807) is 19.1 Å². The molecule has 1 fully saturated rings. The molecule has 4 rings (SSSR count). The van der Waals surface area contributed by atoms with Gasteiger partial charge in [-0.15, -0.1) is 10.2 Å². The van der Waals surface area contributed by atoms with Crippen LogP contribution in [0.15, 0.2) is 51.9 Å². The summed E-state index contributed by atoms with van der Waals surface area (Å²) in [6.45, 7) is 2.15. The Kier molecular flexibility index (Phi) is 4.17. The van der Waals surface area contributed by atoms with Crippen molar-refractivity contribution in [2.24, 2.45) is 0 Å². The van der Waals surface area contributed by atoms with Crippen molar-refractivity contribution in [2.75, 3.05) is 11.9 Å². The number of anilines is 2. The highest BCUT2D eigenvalue weighted by atomic mass is 32.5. The molecule has 1 aliphatic heterocycles. The first kappa shape index (κ1) is 21.0. The van der Waals surface area contributed by atoms with Crippen LogP contribution in [0.2, 0.25) is 0 Å². The molecule has 31 heavy (non-hydrogen) atoms. The standard InChI is InChI=1S/C18H16F5N5O2S/c1-18(8-10-25-16(18)29)17-28-27-15(30-17)13-3-2-9-24-14(13)26-11-4-6-12(7-5-11)31(19,20,21,22)23/h2-7,9H,8,10H2,1H3,(H,24,26)(H,25,29)/t18-/m0/s1. The lowest BCUT2D eigenvalue weighted by Gasteiger charge is -2.40. The van der Waals surface area contributed by atoms with Gasteiger partial charge in [-0.1, -0.05) is 19.4 Å². The third kappa shape index (κ3) is 4.04. The summed E-state index contributed by atoms with van der Waals surface area (Å²) in [6, 6.07) is 5.50. The van der Waals surface area contributed by atoms with Gasteiger partial charge in [0.05, 0.1) is 5.56 Å². The van der Waals surface area contributed by atoms with Gasteiger partial charge in [0.2, 0.25) is 11.8 Å². The topological polar surface area (TPSA) is 92.9 Å². The molecule has 2 aromatic heterocycles. The third-order valence-corrected chi connectivity index (χ3v) is 6.07. The zero-order chi connectivity index (χ0) is 22.6. The smallest absolute Gasteiger partial charge is 0.310 e. The van der Waals surface area contributed by atoms with Gasteiger partial charge >= 0.3 is 10.2 Å². The van der Waals surface area contributed by atoms with Crippen LogP contribution in [-0.2, 0) is 10.2 Å². The van der Waals surface area contributed by atoms with Gasteiger partial charge in [0.15, 0.2) is 0 Å². The predicted molar refractivity (Wildman–Crippen MR) is 104 cm³/mol. The molecule has 3 heterocycles. The number of pyridine rings is 1. The summed E-state index contributed by atoms with van der Waals surface area (Å²) in [5, 5.41) is 13.4. The highest BCUT2D eigenvalue weighted by Crippen LogP contribution is 3.02. The van der Waals surface area contributed by atoms with Crippen LogP contribution in [0.25, 0.3) is 11.5 Å². The van der Waals surface area contributed by atoms with Crippen LogP contribution >= 0.6 is 10.2 Å². The van der Waals surface area contributed by atoms with Crippen molar-refractivity contribution < 1.29 is 28.6 Å². The molecule has 1 atom stereocenters. The maximum Gasteiger partial charge on any atom is 0.310 e. The zero-order valence-electron chi connectivity index (χ0n) is 15.9. The molecule has 1 aromatic carbocycles. The van der Waals surface area contributed by atoms with E-state index in [9.17, 15) is 24.2 Å². The highest BCUT2D eigenvalue weighted by molar-refractivity contribution is 8.45. The van der Waals surface area contributed by atoms with Gasteiger partial charge in [-0.05, 0) is 49.7 Å². The Labute approximate surface area is 172 Å². The molecule has 3 aromatic rings. The van der Waals surface area contributed by atoms with Crippen molar-refractivity contribution in [1.29, 1.82) is 0 Å². The molecule has 0 aliphatic carbocycles. The highest BCUT2D eigenvalue weighted by Gasteiger charge is 2.65. The van der Waals surface area contributed by atoms with Gasteiger partial charge in [-0.25, -0.2) is 4.98 Å². The molecule has 0 radical (unpaired) electrons. The Bertz CT molecular complexity index is 1170. The minimum Gasteiger partial charge on any atom is -0.419 e. The Morgan fingerprint density at radius 1 is 1.10 bits per heavy atom. The average Bonchev–Trinajstić information content (AvgIpc) is 3.29. The van der Waals surface area contributed by atoms with E-state index in [-0.39, 0.29) is 29.2 Å². The van der Waals surface area contributed by atoms with E-state index in [2.05, 4.69) is 25.8 Å². The van der Waals surface area contributed by atoms with Gasteiger partial charge in [0.1, 0.15) is 16.1 Å². The fourth-order valence-electron chi connectivity index (χ4n) is 3.10. The van der Waals surface area contributed by atoms with Crippen LogP contribution in [0.5, 0.6) is 0 Å². The molecule has 0 bridgehead atoms. The lowest BCUT2D eigenvalue weighted by Crippen LogP contribution is -2.32. The fraction of sp³-hybridized carbons (Fsp3) is 0.222. The van der Waals surface area contributed by atoms with E-state index in [4.69, 9.17) is 4.42 Å². The van der Waals surface area contributed by atoms with E-state index in [1.807, 2.05) is 0 Å². The van der Waals surface area contributed by atoms with Gasteiger partial charge < -0.3 is 15.1 Å². The minimum atomic E-state index is -9.75. The lowest BCUT2D eigenvalue weighted by molar-refractivity contribution is -0.124. The summed E-state index contributed by atoms with van der Waals surface area (Å²) in [5.41, 5.74) is -0.560. The number of nitrogens with zero attached hydrogens (tertiary/aromatic N) is 3. The molecule has 1 amide bonds. The van der Waals surface area contributed by atoms with Crippen LogP contribution < -0.4 is 10.6 Å². The van der Waals surface area contributed by atoms with Crippen molar-refractivity contribution in [2.45, 2.75) is 23.7 Å². The number of benzene rings is 1. The number of aromatic nitrogens is 3. The van der Waals surface area contributed by atoms with Crippen LogP contribution in [-0.4, -0.2) is 27.6 Å². The third-order valence-electron chi connectivity index (χ3n) is 4.91. The van der Waals surface area contributed by atoms with Crippen molar-refractivity contribution in [3.8, 4) is 11.5 Å². The van der Waals surface area contributed by atoms with E-state index in [1.165, 1.54) is 6.20 Å². The molecule has 1 saturated heterocycles. The molecule has 0 spiro atoms. The Balaban J connectivity index is 1.63. The molecular formula is C18H16F5N5O2S. The minimum absolute atomic E-state index is 0.0372. The molecular weight excluding hydrogens is 445 g/mol. The normalized spacial score (nSPS) is 21.3. The number of hydrogen-bond acceptors (Lipinski definition) is 6. The molecule has 0 unspecified atom stereocenters. The summed E-state index contributed by atoms with van der Waals surface area (Å²) in [7, 11) is -9.75. The number of rotatable bonds is 5. The summed E-state index contributed by atoms with van der Waals surface area (Å²) >= 11 is 0. The quantitative estimate of drug-likeness (QED) is 0.501. The molecule has 13 heteroatoms. The maximum absolute atomic E-state index is 12.9. The van der Waals surface area contributed by atoms with Gasteiger partial charge in [0, 0.05) is 18.4 Å². The number of carbonyl (C=O) groups is 1. The Hall–Kier alpha value is -3.22. The molecule has 2 N–H and O–H groups in total. The second-order valence-corrected chi connectivity index (χ2v) is 9.68. The number of nitrogens with one attached hydrogen (secondary N) is 2. The van der Waals surface area contributed by atoms with Crippen molar-refractivity contribution in [1.82, 2.24) is 20.5 Å². The van der Waals surface area contributed by atoms with E-state index < -0.39 is 20.5 Å². The molecule has 1 aliphatic rings.